The molecule has 1 atom stereocenters. The summed E-state index contributed by atoms with van der Waals surface area (Å²) in [6, 6.07) is 1.85. The summed E-state index contributed by atoms with van der Waals surface area (Å²) in [4.78, 5) is 8.72. The lowest BCUT2D eigenvalue weighted by molar-refractivity contribution is 0.218. The highest BCUT2D eigenvalue weighted by Crippen LogP contribution is 2.23. The highest BCUT2D eigenvalue weighted by atomic mass is 32.1. The van der Waals surface area contributed by atoms with Gasteiger partial charge in [-0.05, 0) is 24.5 Å². The number of aliphatic hydroxyl groups excluding tert-OH is 1. The maximum absolute atomic E-state index is 9.87. The van der Waals surface area contributed by atoms with Crippen molar-refractivity contribution in [2.75, 3.05) is 0 Å². The summed E-state index contributed by atoms with van der Waals surface area (Å²) in [6.07, 6.45) is 3.98. The monoisotopic (exact) mass is 207 g/mol. The van der Waals surface area contributed by atoms with Crippen molar-refractivity contribution in [3.8, 4) is 0 Å². The molecule has 1 unspecified atom stereocenters. The van der Waals surface area contributed by atoms with E-state index in [9.17, 15) is 5.11 Å². The van der Waals surface area contributed by atoms with Crippen LogP contribution in [-0.4, -0.2) is 19.4 Å². The molecule has 0 fully saturated rings. The van der Waals surface area contributed by atoms with Gasteiger partial charge in [0, 0.05) is 12.4 Å². The average Bonchev–Trinajstić information content (AvgIpc) is 2.65. The van der Waals surface area contributed by atoms with Crippen LogP contribution in [0.25, 0.3) is 0 Å². The van der Waals surface area contributed by atoms with Crippen LogP contribution < -0.4 is 0 Å². The summed E-state index contributed by atoms with van der Waals surface area (Å²) in [5.74, 6) is 0. The molecule has 0 aliphatic carbocycles. The van der Waals surface area contributed by atoms with Gasteiger partial charge in [0.05, 0.1) is 22.5 Å². The Kier molecular flexibility index (Phi) is 2.51. The van der Waals surface area contributed by atoms with Crippen LogP contribution in [0.3, 0.4) is 0 Å². The number of rotatable bonds is 2. The molecule has 2 aromatic rings. The summed E-state index contributed by atoms with van der Waals surface area (Å²) in [5, 5.41) is 9.87. The predicted octanol–water partition coefficient (Wildman–Crippen LogP) is 1.32. The van der Waals surface area contributed by atoms with Crippen LogP contribution in [0, 0.1) is 6.92 Å². The average molecular weight is 207 g/mol. The second-order valence-corrected chi connectivity index (χ2v) is 3.74. The van der Waals surface area contributed by atoms with Gasteiger partial charge < -0.3 is 5.11 Å². The zero-order chi connectivity index (χ0) is 9.97. The highest BCUT2D eigenvalue weighted by molar-refractivity contribution is 7.05. The molecular formula is C9H9N3OS. The van der Waals surface area contributed by atoms with Crippen molar-refractivity contribution in [1.82, 2.24) is 14.3 Å². The molecule has 0 amide bonds. The van der Waals surface area contributed by atoms with Crippen molar-refractivity contribution in [3.63, 3.8) is 0 Å². The van der Waals surface area contributed by atoms with Gasteiger partial charge in [-0.15, -0.1) is 0 Å². The second kappa shape index (κ2) is 3.81. The van der Waals surface area contributed by atoms with Crippen molar-refractivity contribution < 1.29 is 5.11 Å². The fourth-order valence-electron chi connectivity index (χ4n) is 1.11. The molecule has 5 heteroatoms. The van der Waals surface area contributed by atoms with E-state index in [0.29, 0.717) is 5.69 Å². The third-order valence-corrected chi connectivity index (χ3v) is 2.71. The van der Waals surface area contributed by atoms with E-state index in [1.807, 2.05) is 13.0 Å². The van der Waals surface area contributed by atoms with Crippen molar-refractivity contribution in [2.24, 2.45) is 0 Å². The molecule has 2 rings (SSSR count). The van der Waals surface area contributed by atoms with Crippen molar-refractivity contribution in [3.05, 3.63) is 40.9 Å². The van der Waals surface area contributed by atoms with Gasteiger partial charge in [0.25, 0.3) is 0 Å². The quantitative estimate of drug-likeness (QED) is 0.807. The first-order valence-corrected chi connectivity index (χ1v) is 4.92. The van der Waals surface area contributed by atoms with Crippen molar-refractivity contribution >= 4 is 11.5 Å². The number of hydrogen-bond acceptors (Lipinski definition) is 5. The number of aryl methyl sites for hydroxylation is 1. The molecule has 4 nitrogen and oxygen atoms in total. The number of hydrogen-bond donors (Lipinski definition) is 1. The Morgan fingerprint density at radius 2 is 2.29 bits per heavy atom. The van der Waals surface area contributed by atoms with Gasteiger partial charge >= 0.3 is 0 Å². The molecule has 0 radical (unpaired) electrons. The third kappa shape index (κ3) is 1.78. The van der Waals surface area contributed by atoms with Crippen LogP contribution in [0.15, 0.2) is 24.7 Å². The molecule has 0 saturated carbocycles. The molecule has 2 heterocycles. The maximum Gasteiger partial charge on any atom is 0.133 e. The smallest absolute Gasteiger partial charge is 0.133 e. The highest BCUT2D eigenvalue weighted by Gasteiger charge is 2.14. The molecule has 14 heavy (non-hydrogen) atoms. The number of aliphatic hydroxyl groups is 1. The van der Waals surface area contributed by atoms with Crippen LogP contribution in [0.1, 0.15) is 22.4 Å². The predicted molar refractivity (Wildman–Crippen MR) is 52.9 cm³/mol. The fourth-order valence-corrected chi connectivity index (χ4v) is 1.86. The summed E-state index contributed by atoms with van der Waals surface area (Å²) in [5.41, 5.74) is 1.46. The summed E-state index contributed by atoms with van der Waals surface area (Å²) in [6.45, 7) is 1.89. The van der Waals surface area contributed by atoms with E-state index in [-0.39, 0.29) is 0 Å². The zero-order valence-electron chi connectivity index (χ0n) is 7.58. The van der Waals surface area contributed by atoms with Gasteiger partial charge in [-0.3, -0.25) is 9.97 Å². The minimum absolute atomic E-state index is 0.552. The van der Waals surface area contributed by atoms with Gasteiger partial charge in [-0.2, -0.15) is 4.37 Å². The second-order valence-electron chi connectivity index (χ2n) is 2.90. The van der Waals surface area contributed by atoms with Crippen LogP contribution in [0.2, 0.25) is 0 Å². The Balaban J connectivity index is 2.29. The first kappa shape index (κ1) is 9.23. The van der Waals surface area contributed by atoms with Gasteiger partial charge in [0.2, 0.25) is 0 Å². The van der Waals surface area contributed by atoms with E-state index in [0.717, 1.165) is 10.6 Å². The number of aromatic nitrogens is 3. The standard InChI is InChI=1S/C9H9N3OS/c1-6-4-8(14-12-6)9(13)7-5-10-2-3-11-7/h2-5,9,13H,1H3. The maximum atomic E-state index is 9.87. The molecule has 72 valence electrons. The minimum atomic E-state index is -0.713. The Morgan fingerprint density at radius 1 is 1.43 bits per heavy atom. The minimum Gasteiger partial charge on any atom is -0.381 e. The SMILES string of the molecule is Cc1cc(C(O)c2cnccn2)sn1. The Labute approximate surface area is 85.5 Å². The van der Waals surface area contributed by atoms with Gasteiger partial charge in [0.15, 0.2) is 0 Å². The molecule has 0 aromatic carbocycles. The molecule has 1 N–H and O–H groups in total. The van der Waals surface area contributed by atoms with E-state index in [1.165, 1.54) is 11.5 Å². The molecule has 0 aliphatic rings. The van der Waals surface area contributed by atoms with Crippen LogP contribution in [0.5, 0.6) is 0 Å². The van der Waals surface area contributed by atoms with Gasteiger partial charge in [0.1, 0.15) is 6.10 Å². The Bertz CT molecular complexity index is 415. The van der Waals surface area contributed by atoms with E-state index >= 15 is 0 Å². The lowest BCUT2D eigenvalue weighted by Crippen LogP contribution is -2.00. The zero-order valence-corrected chi connectivity index (χ0v) is 8.40. The molecule has 0 saturated heterocycles. The Hall–Kier alpha value is -1.33. The van der Waals surface area contributed by atoms with Crippen molar-refractivity contribution in [1.29, 1.82) is 0 Å². The Morgan fingerprint density at radius 3 is 2.86 bits per heavy atom. The molecular weight excluding hydrogens is 198 g/mol. The van der Waals surface area contributed by atoms with E-state index in [4.69, 9.17) is 0 Å². The summed E-state index contributed by atoms with van der Waals surface area (Å²) in [7, 11) is 0. The first-order chi connectivity index (χ1) is 6.77. The van der Waals surface area contributed by atoms with E-state index in [2.05, 4.69) is 14.3 Å². The van der Waals surface area contributed by atoms with E-state index in [1.54, 1.807) is 18.6 Å². The van der Waals surface area contributed by atoms with Gasteiger partial charge in [-0.1, -0.05) is 0 Å². The molecule has 0 aliphatic heterocycles. The topological polar surface area (TPSA) is 58.9 Å². The van der Waals surface area contributed by atoms with Crippen LogP contribution in [-0.2, 0) is 0 Å². The molecule has 0 bridgehead atoms. The lowest BCUT2D eigenvalue weighted by atomic mass is 10.2. The molecule has 2 aromatic heterocycles. The largest absolute Gasteiger partial charge is 0.381 e. The van der Waals surface area contributed by atoms with Crippen LogP contribution >= 0.6 is 11.5 Å². The molecule has 0 spiro atoms. The lowest BCUT2D eigenvalue weighted by Gasteiger charge is -2.04. The first-order valence-electron chi connectivity index (χ1n) is 4.14. The fraction of sp³-hybridized carbons (Fsp3) is 0.222. The van der Waals surface area contributed by atoms with Crippen LogP contribution in [0.4, 0.5) is 0 Å². The summed E-state index contributed by atoms with van der Waals surface area (Å²) < 4.78 is 4.10. The van der Waals surface area contributed by atoms with Crippen molar-refractivity contribution in [2.45, 2.75) is 13.0 Å². The normalized spacial score (nSPS) is 12.7. The number of nitrogens with zero attached hydrogens (tertiary/aromatic N) is 3. The third-order valence-electron chi connectivity index (χ3n) is 1.78. The van der Waals surface area contributed by atoms with Gasteiger partial charge in [-0.25, -0.2) is 0 Å². The van der Waals surface area contributed by atoms with E-state index < -0.39 is 6.10 Å². The summed E-state index contributed by atoms with van der Waals surface area (Å²) >= 11 is 1.28.